The Morgan fingerprint density at radius 1 is 1.28 bits per heavy atom. The lowest BCUT2D eigenvalue weighted by atomic mass is 9.96. The summed E-state index contributed by atoms with van der Waals surface area (Å²) >= 11 is 0. The Labute approximate surface area is 106 Å². The Morgan fingerprint density at radius 2 is 2.17 bits per heavy atom. The predicted octanol–water partition coefficient (Wildman–Crippen LogP) is 2.44. The van der Waals surface area contributed by atoms with E-state index in [0.29, 0.717) is 25.2 Å². The van der Waals surface area contributed by atoms with Crippen molar-refractivity contribution in [2.24, 2.45) is 0 Å². The third-order valence-electron chi connectivity index (χ3n) is 3.36. The highest BCUT2D eigenvalue weighted by molar-refractivity contribution is 5.79. The van der Waals surface area contributed by atoms with Crippen LogP contribution < -0.4 is 9.47 Å². The average molecular weight is 248 g/mol. The molecular formula is C14H16O4. The number of hydrogen-bond acceptors (Lipinski definition) is 4. The second-order valence-electron chi connectivity index (χ2n) is 4.76. The first-order valence-corrected chi connectivity index (χ1v) is 6.33. The van der Waals surface area contributed by atoms with Gasteiger partial charge < -0.3 is 14.2 Å². The van der Waals surface area contributed by atoms with Crippen molar-refractivity contribution in [2.45, 2.75) is 38.4 Å². The van der Waals surface area contributed by atoms with E-state index in [1.54, 1.807) is 0 Å². The molecule has 18 heavy (non-hydrogen) atoms. The maximum Gasteiger partial charge on any atom is 0.231 e. The summed E-state index contributed by atoms with van der Waals surface area (Å²) in [7, 11) is 0. The first kappa shape index (κ1) is 11.5. The number of carbonyl (C=O) groups is 1. The minimum absolute atomic E-state index is 0.0803. The van der Waals surface area contributed by atoms with E-state index in [2.05, 4.69) is 0 Å². The Kier molecular flexibility index (Phi) is 3.19. The molecule has 1 unspecified atom stereocenters. The summed E-state index contributed by atoms with van der Waals surface area (Å²) < 4.78 is 16.4. The lowest BCUT2D eigenvalue weighted by Gasteiger charge is -2.21. The zero-order valence-corrected chi connectivity index (χ0v) is 10.2. The third-order valence-corrected chi connectivity index (χ3v) is 3.36. The van der Waals surface area contributed by atoms with E-state index in [1.807, 2.05) is 18.2 Å². The number of carbonyl (C=O) groups excluding carboxylic acids is 1. The molecular weight excluding hydrogens is 232 g/mol. The molecule has 0 aromatic heterocycles. The minimum atomic E-state index is 0.0803. The smallest absolute Gasteiger partial charge is 0.231 e. The summed E-state index contributed by atoms with van der Waals surface area (Å²) in [6.45, 7) is 0.811. The molecule has 1 saturated carbocycles. The molecule has 1 aromatic rings. The Hall–Kier alpha value is -1.55. The molecule has 2 aliphatic rings. The van der Waals surface area contributed by atoms with Gasteiger partial charge in [0.15, 0.2) is 11.5 Å². The van der Waals surface area contributed by atoms with Crippen LogP contribution in [0, 0.1) is 0 Å². The van der Waals surface area contributed by atoms with Crippen molar-refractivity contribution in [3.8, 4) is 11.5 Å². The SMILES string of the molecule is O=C1CCCC(OCc2ccc3c(c2)OCO3)C1. The van der Waals surface area contributed by atoms with Gasteiger partial charge in [-0.25, -0.2) is 0 Å². The van der Waals surface area contributed by atoms with E-state index in [1.165, 1.54) is 0 Å². The molecule has 1 heterocycles. The van der Waals surface area contributed by atoms with E-state index >= 15 is 0 Å². The second kappa shape index (κ2) is 4.98. The van der Waals surface area contributed by atoms with Crippen molar-refractivity contribution in [1.29, 1.82) is 0 Å². The van der Waals surface area contributed by atoms with E-state index in [9.17, 15) is 4.79 Å². The summed E-state index contributed by atoms with van der Waals surface area (Å²) in [6.07, 6.45) is 3.28. The molecule has 1 aliphatic heterocycles. The number of benzene rings is 1. The van der Waals surface area contributed by atoms with Crippen LogP contribution in [0.1, 0.15) is 31.2 Å². The molecule has 0 saturated heterocycles. The van der Waals surface area contributed by atoms with Gasteiger partial charge in [0.1, 0.15) is 5.78 Å². The molecule has 0 bridgehead atoms. The number of Topliss-reactive ketones (excluding diaryl/α,β-unsaturated/α-hetero) is 1. The largest absolute Gasteiger partial charge is 0.454 e. The number of rotatable bonds is 3. The van der Waals surface area contributed by atoms with Crippen LogP contribution in [-0.4, -0.2) is 18.7 Å². The van der Waals surface area contributed by atoms with Crippen LogP contribution in [0.3, 0.4) is 0 Å². The number of ketones is 1. The summed E-state index contributed by atoms with van der Waals surface area (Å²) in [5.74, 6) is 1.87. The van der Waals surface area contributed by atoms with Gasteiger partial charge in [-0.1, -0.05) is 6.07 Å². The maximum absolute atomic E-state index is 11.3. The third kappa shape index (κ3) is 2.48. The highest BCUT2D eigenvalue weighted by atomic mass is 16.7. The van der Waals surface area contributed by atoms with Crippen LogP contribution >= 0.6 is 0 Å². The summed E-state index contributed by atoms with van der Waals surface area (Å²) in [5, 5.41) is 0. The highest BCUT2D eigenvalue weighted by Gasteiger charge is 2.20. The van der Waals surface area contributed by atoms with Crippen molar-refractivity contribution >= 4 is 5.78 Å². The van der Waals surface area contributed by atoms with Gasteiger partial charge in [0, 0.05) is 12.8 Å². The second-order valence-corrected chi connectivity index (χ2v) is 4.76. The molecule has 4 nitrogen and oxygen atoms in total. The Morgan fingerprint density at radius 3 is 3.06 bits per heavy atom. The molecule has 3 rings (SSSR count). The lowest BCUT2D eigenvalue weighted by molar-refractivity contribution is -0.124. The van der Waals surface area contributed by atoms with Gasteiger partial charge in [-0.15, -0.1) is 0 Å². The van der Waals surface area contributed by atoms with Crippen LogP contribution in [0.2, 0.25) is 0 Å². The zero-order valence-electron chi connectivity index (χ0n) is 10.2. The average Bonchev–Trinajstić information content (AvgIpc) is 2.84. The van der Waals surface area contributed by atoms with E-state index in [4.69, 9.17) is 14.2 Å². The monoisotopic (exact) mass is 248 g/mol. The van der Waals surface area contributed by atoms with Crippen LogP contribution in [0.25, 0.3) is 0 Å². The molecule has 4 heteroatoms. The maximum atomic E-state index is 11.3. The molecule has 1 fully saturated rings. The van der Waals surface area contributed by atoms with Gasteiger partial charge in [-0.05, 0) is 30.5 Å². The van der Waals surface area contributed by atoms with Crippen molar-refractivity contribution in [3.05, 3.63) is 23.8 Å². The standard InChI is InChI=1S/C14H16O4/c15-11-2-1-3-12(7-11)16-8-10-4-5-13-14(6-10)18-9-17-13/h4-6,12H,1-3,7-9H2. The fraction of sp³-hybridized carbons (Fsp3) is 0.500. The molecule has 0 amide bonds. The van der Waals surface area contributed by atoms with Gasteiger partial charge in [-0.3, -0.25) is 4.79 Å². The summed E-state index contributed by atoms with van der Waals surface area (Å²) in [6, 6.07) is 5.80. The summed E-state index contributed by atoms with van der Waals surface area (Å²) in [4.78, 5) is 11.3. The minimum Gasteiger partial charge on any atom is -0.454 e. The van der Waals surface area contributed by atoms with E-state index < -0.39 is 0 Å². The molecule has 96 valence electrons. The van der Waals surface area contributed by atoms with Gasteiger partial charge >= 0.3 is 0 Å². The van der Waals surface area contributed by atoms with Crippen molar-refractivity contribution < 1.29 is 19.0 Å². The van der Waals surface area contributed by atoms with Crippen LogP contribution in [0.5, 0.6) is 11.5 Å². The molecule has 1 aliphatic carbocycles. The van der Waals surface area contributed by atoms with Gasteiger partial charge in [-0.2, -0.15) is 0 Å². The van der Waals surface area contributed by atoms with Gasteiger partial charge in [0.05, 0.1) is 12.7 Å². The van der Waals surface area contributed by atoms with Crippen molar-refractivity contribution in [1.82, 2.24) is 0 Å². The fourth-order valence-electron chi connectivity index (χ4n) is 2.37. The number of hydrogen-bond donors (Lipinski definition) is 0. The van der Waals surface area contributed by atoms with Gasteiger partial charge in [0.25, 0.3) is 0 Å². The first-order chi connectivity index (χ1) is 8.81. The van der Waals surface area contributed by atoms with Crippen LogP contribution in [0.4, 0.5) is 0 Å². The Bertz CT molecular complexity index is 455. The first-order valence-electron chi connectivity index (χ1n) is 6.33. The topological polar surface area (TPSA) is 44.8 Å². The summed E-state index contributed by atoms with van der Waals surface area (Å²) in [5.41, 5.74) is 1.05. The zero-order chi connectivity index (χ0) is 12.4. The quantitative estimate of drug-likeness (QED) is 0.824. The lowest BCUT2D eigenvalue weighted by Crippen LogP contribution is -2.22. The molecule has 0 radical (unpaired) electrons. The van der Waals surface area contributed by atoms with E-state index in [-0.39, 0.29) is 12.9 Å². The van der Waals surface area contributed by atoms with Gasteiger partial charge in [0.2, 0.25) is 6.79 Å². The fourth-order valence-corrected chi connectivity index (χ4v) is 2.37. The normalized spacial score (nSPS) is 22.2. The Balaban J connectivity index is 1.58. The van der Waals surface area contributed by atoms with Crippen LogP contribution in [-0.2, 0) is 16.1 Å². The molecule has 1 aromatic carbocycles. The molecule has 1 atom stereocenters. The highest BCUT2D eigenvalue weighted by Crippen LogP contribution is 2.32. The van der Waals surface area contributed by atoms with Crippen molar-refractivity contribution in [3.63, 3.8) is 0 Å². The van der Waals surface area contributed by atoms with Crippen molar-refractivity contribution in [2.75, 3.05) is 6.79 Å². The van der Waals surface area contributed by atoms with E-state index in [0.717, 1.165) is 29.9 Å². The molecule has 0 spiro atoms. The number of ether oxygens (including phenoxy) is 3. The predicted molar refractivity (Wildman–Crippen MR) is 64.6 cm³/mol. The molecule has 0 N–H and O–H groups in total. The number of fused-ring (bicyclic) bond motifs is 1. The van der Waals surface area contributed by atoms with Crippen LogP contribution in [0.15, 0.2) is 18.2 Å².